The summed E-state index contributed by atoms with van der Waals surface area (Å²) in [6.45, 7) is 14.5. The van der Waals surface area contributed by atoms with Crippen LogP contribution in [-0.4, -0.2) is 52.5 Å². The molecule has 9 nitrogen and oxygen atoms in total. The third-order valence-electron chi connectivity index (χ3n) is 8.08. The molecule has 9 heteroatoms. The highest BCUT2D eigenvalue weighted by Gasteiger charge is 2.36. The number of cyclic esters (lactones) is 1. The van der Waals surface area contributed by atoms with E-state index in [1.54, 1.807) is 34.6 Å². The Hall–Kier alpha value is -2.39. The molecule has 1 aliphatic heterocycles. The molecule has 0 aromatic heterocycles. The largest absolute Gasteiger partial charge is 0.457 e. The van der Waals surface area contributed by atoms with E-state index < -0.39 is 54.1 Å². The molecule has 1 rings (SSSR count). The number of rotatable bonds is 13. The lowest BCUT2D eigenvalue weighted by Gasteiger charge is -2.32. The Labute approximate surface area is 248 Å². The smallest absolute Gasteiger partial charge is 0.354 e. The molecular formula is C32H57N3O6. The second-order valence-corrected chi connectivity index (χ2v) is 11.9. The number of hydrogen-bond acceptors (Lipinski definition) is 7. The molecule has 41 heavy (non-hydrogen) atoms. The standard InChI is InChI=1S/C32H57N3O6/c1-8-10-11-12-13-14-15-16-17-18-19-20-26-22(5)28(36)23(6)29(37)35-27(21(3)4)31(39)34-25(9-2)30(38)33-24(7)32(40)41-26/h9,21-23,26-28,30,33,36,38H,7-8,10-20H2,1-6H3,(H,34,39)(H,35,37)/b25-9+. The van der Waals surface area contributed by atoms with Crippen molar-refractivity contribution in [3.8, 4) is 0 Å². The van der Waals surface area contributed by atoms with Gasteiger partial charge in [-0.05, 0) is 25.7 Å². The molecule has 236 valence electrons. The fourth-order valence-corrected chi connectivity index (χ4v) is 5.12. The van der Waals surface area contributed by atoms with Gasteiger partial charge < -0.3 is 30.9 Å². The molecule has 0 aromatic rings. The minimum absolute atomic E-state index is 0.109. The minimum Gasteiger partial charge on any atom is -0.457 e. The van der Waals surface area contributed by atoms with Gasteiger partial charge in [-0.1, -0.05) is 111 Å². The van der Waals surface area contributed by atoms with E-state index >= 15 is 0 Å². The zero-order chi connectivity index (χ0) is 30.9. The number of carbonyl (C=O) groups excluding carboxylic acids is 3. The summed E-state index contributed by atoms with van der Waals surface area (Å²) in [6, 6.07) is -0.895. The van der Waals surface area contributed by atoms with Crippen molar-refractivity contribution in [3.05, 3.63) is 24.0 Å². The predicted octanol–water partition coefficient (Wildman–Crippen LogP) is 4.83. The SMILES string of the molecule is C=C1NC(O)/C(=C\C)NC(=O)C(C(C)C)NC(=O)C(C)C(O)C(C)C(CCCCCCCCCCCCC)OC1=O. The highest BCUT2D eigenvalue weighted by atomic mass is 16.5. The number of carbonyl (C=O) groups is 3. The maximum absolute atomic E-state index is 13.1. The van der Waals surface area contributed by atoms with Crippen molar-refractivity contribution in [2.24, 2.45) is 17.8 Å². The van der Waals surface area contributed by atoms with Crippen LogP contribution in [0, 0.1) is 17.8 Å². The highest BCUT2D eigenvalue weighted by molar-refractivity contribution is 5.90. The minimum atomic E-state index is -1.43. The summed E-state index contributed by atoms with van der Waals surface area (Å²) >= 11 is 0. The summed E-state index contributed by atoms with van der Waals surface area (Å²) in [5.41, 5.74) is -0.0630. The van der Waals surface area contributed by atoms with Crippen molar-refractivity contribution < 1.29 is 29.3 Å². The first-order chi connectivity index (χ1) is 19.4. The van der Waals surface area contributed by atoms with Crippen LogP contribution >= 0.6 is 0 Å². The van der Waals surface area contributed by atoms with Gasteiger partial charge in [-0.2, -0.15) is 0 Å². The van der Waals surface area contributed by atoms with Crippen molar-refractivity contribution in [2.75, 3.05) is 0 Å². The van der Waals surface area contributed by atoms with Gasteiger partial charge in [-0.25, -0.2) is 4.79 Å². The quantitative estimate of drug-likeness (QED) is 0.120. The van der Waals surface area contributed by atoms with Crippen LogP contribution in [0.4, 0.5) is 0 Å². The zero-order valence-electron chi connectivity index (χ0n) is 26.3. The van der Waals surface area contributed by atoms with Gasteiger partial charge in [0.25, 0.3) is 0 Å². The predicted molar refractivity (Wildman–Crippen MR) is 162 cm³/mol. The lowest BCUT2D eigenvalue weighted by atomic mass is 9.86. The van der Waals surface area contributed by atoms with E-state index in [1.165, 1.54) is 57.4 Å². The second kappa shape index (κ2) is 19.7. The number of unbranched alkanes of at least 4 members (excludes halogenated alkanes) is 10. The number of ether oxygens (including phenoxy) is 1. The molecule has 1 saturated heterocycles. The number of amides is 2. The van der Waals surface area contributed by atoms with E-state index in [9.17, 15) is 24.6 Å². The van der Waals surface area contributed by atoms with Crippen molar-refractivity contribution in [1.29, 1.82) is 0 Å². The first-order valence-electron chi connectivity index (χ1n) is 15.7. The van der Waals surface area contributed by atoms with Crippen LogP contribution in [0.5, 0.6) is 0 Å². The third-order valence-corrected chi connectivity index (χ3v) is 8.08. The Morgan fingerprint density at radius 1 is 0.878 bits per heavy atom. The van der Waals surface area contributed by atoms with Crippen molar-refractivity contribution >= 4 is 17.8 Å². The van der Waals surface area contributed by atoms with Crippen molar-refractivity contribution in [2.45, 2.75) is 143 Å². The number of hydrogen-bond donors (Lipinski definition) is 5. The Morgan fingerprint density at radius 2 is 1.41 bits per heavy atom. The number of aliphatic hydroxyl groups is 2. The average Bonchev–Trinajstić information content (AvgIpc) is 2.94. The molecule has 6 atom stereocenters. The maximum atomic E-state index is 13.1. The molecule has 6 unspecified atom stereocenters. The van der Waals surface area contributed by atoms with E-state index in [0.717, 1.165) is 19.3 Å². The average molecular weight is 580 g/mol. The van der Waals surface area contributed by atoms with Gasteiger partial charge >= 0.3 is 5.97 Å². The van der Waals surface area contributed by atoms with Gasteiger partial charge in [0.15, 0.2) is 6.23 Å². The van der Waals surface area contributed by atoms with Crippen LogP contribution < -0.4 is 16.0 Å². The van der Waals surface area contributed by atoms with Gasteiger partial charge in [0.1, 0.15) is 17.8 Å². The van der Waals surface area contributed by atoms with E-state index in [-0.39, 0.29) is 17.3 Å². The second-order valence-electron chi connectivity index (χ2n) is 11.9. The summed E-state index contributed by atoms with van der Waals surface area (Å²) in [5, 5.41) is 29.8. The topological polar surface area (TPSA) is 137 Å². The van der Waals surface area contributed by atoms with Crippen LogP contribution in [0.2, 0.25) is 0 Å². The summed E-state index contributed by atoms with van der Waals surface area (Å²) in [5.74, 6) is -3.41. The van der Waals surface area contributed by atoms with Gasteiger partial charge in [0, 0.05) is 5.92 Å². The molecule has 1 fully saturated rings. The number of esters is 1. The van der Waals surface area contributed by atoms with E-state index in [0.29, 0.717) is 6.42 Å². The highest BCUT2D eigenvalue weighted by Crippen LogP contribution is 2.25. The molecule has 0 spiro atoms. The zero-order valence-corrected chi connectivity index (χ0v) is 26.3. The third kappa shape index (κ3) is 13.0. The van der Waals surface area contributed by atoms with Crippen molar-refractivity contribution in [3.63, 3.8) is 0 Å². The van der Waals surface area contributed by atoms with E-state index in [2.05, 4.69) is 29.5 Å². The van der Waals surface area contributed by atoms with Crippen molar-refractivity contribution in [1.82, 2.24) is 16.0 Å². The maximum Gasteiger partial charge on any atom is 0.354 e. The summed E-state index contributed by atoms with van der Waals surface area (Å²) < 4.78 is 5.78. The molecule has 0 radical (unpaired) electrons. The Balaban J connectivity index is 2.94. The van der Waals surface area contributed by atoms with Crippen LogP contribution in [0.25, 0.3) is 0 Å². The molecule has 0 bridgehead atoms. The molecular weight excluding hydrogens is 522 g/mol. The van der Waals surface area contributed by atoms with Gasteiger partial charge in [0.2, 0.25) is 11.8 Å². The van der Waals surface area contributed by atoms with Crippen LogP contribution in [0.15, 0.2) is 24.0 Å². The lowest BCUT2D eigenvalue weighted by Crippen LogP contribution is -2.53. The number of aliphatic hydroxyl groups excluding tert-OH is 2. The van der Waals surface area contributed by atoms with Gasteiger partial charge in [-0.3, -0.25) is 9.59 Å². The van der Waals surface area contributed by atoms with Gasteiger partial charge in [0.05, 0.1) is 17.7 Å². The van der Waals surface area contributed by atoms with E-state index in [4.69, 9.17) is 4.74 Å². The molecule has 1 heterocycles. The Bertz CT molecular complexity index is 858. The Morgan fingerprint density at radius 3 is 1.93 bits per heavy atom. The van der Waals surface area contributed by atoms with Crippen LogP contribution in [-0.2, 0) is 19.1 Å². The lowest BCUT2D eigenvalue weighted by molar-refractivity contribution is -0.152. The molecule has 0 aromatic carbocycles. The fraction of sp³-hybridized carbons (Fsp3) is 0.781. The molecule has 2 amide bonds. The van der Waals surface area contributed by atoms with Gasteiger partial charge in [-0.15, -0.1) is 0 Å². The number of allylic oxidation sites excluding steroid dienone is 1. The Kier molecular flexibility index (Phi) is 17.6. The first-order valence-corrected chi connectivity index (χ1v) is 15.7. The summed E-state index contributed by atoms with van der Waals surface area (Å²) in [6.07, 6.45) is 11.9. The molecule has 5 N–H and O–H groups in total. The van der Waals surface area contributed by atoms with E-state index in [1.807, 2.05) is 0 Å². The summed E-state index contributed by atoms with van der Waals surface area (Å²) in [7, 11) is 0. The van der Waals surface area contributed by atoms with Crippen LogP contribution in [0.1, 0.15) is 119 Å². The fourth-order valence-electron chi connectivity index (χ4n) is 5.12. The monoisotopic (exact) mass is 579 g/mol. The summed E-state index contributed by atoms with van der Waals surface area (Å²) in [4.78, 5) is 39.1. The normalized spacial score (nSPS) is 28.0. The molecule has 1 aliphatic rings. The molecule has 0 saturated carbocycles. The first kappa shape index (κ1) is 36.6. The molecule has 0 aliphatic carbocycles. The number of nitrogens with one attached hydrogen (secondary N) is 3. The van der Waals surface area contributed by atoms with Crippen LogP contribution in [0.3, 0.4) is 0 Å².